The molecule has 0 radical (unpaired) electrons. The second kappa shape index (κ2) is 6.33. The molecule has 1 aromatic rings. The molecule has 0 bridgehead atoms. The molecule has 6 nitrogen and oxygen atoms in total. The molecule has 1 fully saturated rings. The Bertz CT molecular complexity index is 636. The molecule has 1 aliphatic heterocycles. The van der Waals surface area contributed by atoms with Crippen molar-refractivity contribution in [2.45, 2.75) is 30.2 Å². The number of nitrogens with one attached hydrogen (secondary N) is 2. The van der Waals surface area contributed by atoms with E-state index in [0.29, 0.717) is 3.79 Å². The number of carbonyl (C=O) groups is 1. The largest absolute Gasteiger partial charge is 0.465 e. The predicted octanol–water partition coefficient (Wildman–Crippen LogP) is 1.72. The first-order valence-electron chi connectivity index (χ1n) is 6.40. The van der Waals surface area contributed by atoms with Gasteiger partial charge < -0.3 is 10.1 Å². The summed E-state index contributed by atoms with van der Waals surface area (Å²) in [6.07, 6.45) is 1.44. The minimum Gasteiger partial charge on any atom is -0.465 e. The van der Waals surface area contributed by atoms with Crippen LogP contribution in [-0.4, -0.2) is 40.1 Å². The summed E-state index contributed by atoms with van der Waals surface area (Å²) in [4.78, 5) is 11.8. The maximum absolute atomic E-state index is 12.5. The van der Waals surface area contributed by atoms with Gasteiger partial charge in [-0.3, -0.25) is 0 Å². The minimum atomic E-state index is -3.69. The van der Waals surface area contributed by atoms with Crippen LogP contribution in [0.3, 0.4) is 0 Å². The standard InChI is InChI=1S/C12H17BrN2O4S2/c1-12(3-5-14-6-4-12)15-21(17,18)9-7-8(11(16)19-2)20-10(9)13/h7,14-15H,3-6H2,1-2H3. The van der Waals surface area contributed by atoms with Gasteiger partial charge >= 0.3 is 5.97 Å². The Labute approximate surface area is 136 Å². The third-order valence-electron chi connectivity index (χ3n) is 3.42. The van der Waals surface area contributed by atoms with Gasteiger partial charge in [0.1, 0.15) is 9.77 Å². The molecule has 118 valence electrons. The Morgan fingerprint density at radius 3 is 2.67 bits per heavy atom. The fraction of sp³-hybridized carbons (Fsp3) is 0.583. The summed E-state index contributed by atoms with van der Waals surface area (Å²) < 4.78 is 32.9. The number of halogens is 1. The van der Waals surface area contributed by atoms with Crippen LogP contribution < -0.4 is 10.0 Å². The number of ether oxygens (including phenoxy) is 1. The summed E-state index contributed by atoms with van der Waals surface area (Å²) in [5, 5.41) is 3.20. The Morgan fingerprint density at radius 2 is 2.10 bits per heavy atom. The third-order valence-corrected chi connectivity index (χ3v) is 7.29. The van der Waals surface area contributed by atoms with Gasteiger partial charge in [-0.15, -0.1) is 11.3 Å². The minimum absolute atomic E-state index is 0.0765. The van der Waals surface area contributed by atoms with E-state index in [4.69, 9.17) is 0 Å². The monoisotopic (exact) mass is 396 g/mol. The van der Waals surface area contributed by atoms with Crippen LogP contribution in [0, 0.1) is 0 Å². The highest BCUT2D eigenvalue weighted by Crippen LogP contribution is 2.33. The summed E-state index contributed by atoms with van der Waals surface area (Å²) in [6.45, 7) is 3.45. The van der Waals surface area contributed by atoms with Crippen molar-refractivity contribution in [3.63, 3.8) is 0 Å². The molecule has 0 aliphatic carbocycles. The lowest BCUT2D eigenvalue weighted by Crippen LogP contribution is -2.52. The molecule has 0 unspecified atom stereocenters. The highest BCUT2D eigenvalue weighted by molar-refractivity contribution is 9.11. The zero-order chi connectivity index (χ0) is 15.7. The lowest BCUT2D eigenvalue weighted by molar-refractivity contribution is 0.0606. The van der Waals surface area contributed by atoms with Crippen LogP contribution in [-0.2, 0) is 14.8 Å². The number of methoxy groups -OCH3 is 1. The molecule has 0 amide bonds. The molecule has 2 N–H and O–H groups in total. The lowest BCUT2D eigenvalue weighted by atomic mass is 9.92. The molecular formula is C12H17BrN2O4S2. The number of rotatable bonds is 4. The van der Waals surface area contributed by atoms with Crippen molar-refractivity contribution in [1.29, 1.82) is 0 Å². The summed E-state index contributed by atoms with van der Waals surface area (Å²) in [5.74, 6) is -0.546. The summed E-state index contributed by atoms with van der Waals surface area (Å²) >= 11 is 4.26. The first-order chi connectivity index (χ1) is 9.77. The molecule has 1 aromatic heterocycles. The van der Waals surface area contributed by atoms with Gasteiger partial charge in [0.05, 0.1) is 10.9 Å². The molecule has 1 aliphatic rings. The SMILES string of the molecule is COC(=O)c1cc(S(=O)(=O)NC2(C)CCNCC2)c(Br)s1. The van der Waals surface area contributed by atoms with E-state index in [0.717, 1.165) is 37.3 Å². The second-order valence-corrected chi connectivity index (χ2v) is 9.18. The molecule has 2 rings (SSSR count). The lowest BCUT2D eigenvalue weighted by Gasteiger charge is -2.34. The Kier molecular flexibility index (Phi) is 5.09. The van der Waals surface area contributed by atoms with Crippen LogP contribution in [0.25, 0.3) is 0 Å². The number of thiophene rings is 1. The van der Waals surface area contributed by atoms with Crippen molar-refractivity contribution in [2.24, 2.45) is 0 Å². The molecular weight excluding hydrogens is 380 g/mol. The maximum atomic E-state index is 12.5. The number of esters is 1. The molecule has 0 aromatic carbocycles. The number of piperidine rings is 1. The fourth-order valence-electron chi connectivity index (χ4n) is 2.20. The third kappa shape index (κ3) is 3.84. The molecule has 2 heterocycles. The number of carbonyl (C=O) groups excluding carboxylic acids is 1. The Balaban J connectivity index is 2.27. The molecule has 9 heteroatoms. The van der Waals surface area contributed by atoms with Crippen molar-refractivity contribution in [3.8, 4) is 0 Å². The molecule has 0 atom stereocenters. The van der Waals surface area contributed by atoms with Crippen LogP contribution in [0.15, 0.2) is 14.7 Å². The van der Waals surface area contributed by atoms with E-state index < -0.39 is 21.5 Å². The number of hydrogen-bond acceptors (Lipinski definition) is 6. The first kappa shape index (κ1) is 16.9. The quantitative estimate of drug-likeness (QED) is 0.756. The average molecular weight is 397 g/mol. The smallest absolute Gasteiger partial charge is 0.348 e. The van der Waals surface area contributed by atoms with Gasteiger partial charge in [-0.25, -0.2) is 17.9 Å². The first-order valence-corrected chi connectivity index (χ1v) is 9.49. The van der Waals surface area contributed by atoms with E-state index in [1.165, 1.54) is 13.2 Å². The fourth-order valence-corrected chi connectivity index (χ4v) is 6.15. The van der Waals surface area contributed by atoms with Crippen LogP contribution in [0.2, 0.25) is 0 Å². The average Bonchev–Trinajstić information content (AvgIpc) is 2.80. The van der Waals surface area contributed by atoms with Crippen LogP contribution in [0.1, 0.15) is 29.4 Å². The summed E-state index contributed by atoms with van der Waals surface area (Å²) in [5.41, 5.74) is -0.475. The highest BCUT2D eigenvalue weighted by atomic mass is 79.9. The van der Waals surface area contributed by atoms with Crippen LogP contribution >= 0.6 is 27.3 Å². The van der Waals surface area contributed by atoms with Crippen LogP contribution in [0.4, 0.5) is 0 Å². The maximum Gasteiger partial charge on any atom is 0.348 e. The summed E-state index contributed by atoms with van der Waals surface area (Å²) in [7, 11) is -2.43. The van der Waals surface area contributed by atoms with E-state index in [9.17, 15) is 13.2 Å². The van der Waals surface area contributed by atoms with Crippen molar-refractivity contribution >= 4 is 43.3 Å². The van der Waals surface area contributed by atoms with Crippen LogP contribution in [0.5, 0.6) is 0 Å². The van der Waals surface area contributed by atoms with Gasteiger partial charge in [0.2, 0.25) is 10.0 Å². The molecule has 0 saturated carbocycles. The zero-order valence-corrected chi connectivity index (χ0v) is 15.0. The van der Waals surface area contributed by atoms with E-state index in [2.05, 4.69) is 30.7 Å². The van der Waals surface area contributed by atoms with Gasteiger partial charge in [-0.2, -0.15) is 0 Å². The van der Waals surface area contributed by atoms with Crippen molar-refractivity contribution in [1.82, 2.24) is 10.0 Å². The zero-order valence-electron chi connectivity index (χ0n) is 11.7. The summed E-state index contributed by atoms with van der Waals surface area (Å²) in [6, 6.07) is 1.34. The Morgan fingerprint density at radius 1 is 1.48 bits per heavy atom. The number of sulfonamides is 1. The van der Waals surface area contributed by atoms with E-state index in [1.54, 1.807) is 0 Å². The van der Waals surface area contributed by atoms with E-state index in [-0.39, 0.29) is 9.77 Å². The number of hydrogen-bond donors (Lipinski definition) is 2. The second-order valence-electron chi connectivity index (χ2n) is 5.16. The van der Waals surface area contributed by atoms with E-state index in [1.807, 2.05) is 6.92 Å². The predicted molar refractivity (Wildman–Crippen MR) is 84.2 cm³/mol. The Hall–Kier alpha value is -0.480. The molecule has 0 spiro atoms. The topological polar surface area (TPSA) is 84.5 Å². The van der Waals surface area contributed by atoms with Gasteiger partial charge in [0.15, 0.2) is 0 Å². The van der Waals surface area contributed by atoms with Gasteiger partial charge in [0, 0.05) is 5.54 Å². The van der Waals surface area contributed by atoms with Crippen molar-refractivity contribution in [2.75, 3.05) is 20.2 Å². The van der Waals surface area contributed by atoms with Gasteiger partial charge in [-0.05, 0) is 54.9 Å². The van der Waals surface area contributed by atoms with Crippen molar-refractivity contribution in [3.05, 3.63) is 14.7 Å². The van der Waals surface area contributed by atoms with E-state index >= 15 is 0 Å². The molecule has 1 saturated heterocycles. The normalized spacial score (nSPS) is 18.4. The highest BCUT2D eigenvalue weighted by Gasteiger charge is 2.34. The van der Waals surface area contributed by atoms with Crippen molar-refractivity contribution < 1.29 is 17.9 Å². The van der Waals surface area contributed by atoms with Gasteiger partial charge in [-0.1, -0.05) is 0 Å². The molecule has 21 heavy (non-hydrogen) atoms. The van der Waals surface area contributed by atoms with Gasteiger partial charge in [0.25, 0.3) is 0 Å².